The number of halogens is 4. The van der Waals surface area contributed by atoms with Crippen LogP contribution in [0.15, 0.2) is 6.07 Å². The van der Waals surface area contributed by atoms with Gasteiger partial charge in [0.25, 0.3) is 0 Å². The molecule has 15 heteroatoms. The topological polar surface area (TPSA) is 133 Å². The second-order valence-electron chi connectivity index (χ2n) is 13.0. The summed E-state index contributed by atoms with van der Waals surface area (Å²) in [5, 5.41) is 6.64. The van der Waals surface area contributed by atoms with Gasteiger partial charge < -0.3 is 30.6 Å². The number of alkyl halides is 3. The van der Waals surface area contributed by atoms with Gasteiger partial charge in [-0.25, -0.2) is 14.4 Å². The van der Waals surface area contributed by atoms with Gasteiger partial charge in [0, 0.05) is 42.7 Å². The van der Waals surface area contributed by atoms with E-state index in [2.05, 4.69) is 35.5 Å². The Kier molecular flexibility index (Phi) is 8.04. The van der Waals surface area contributed by atoms with E-state index in [1.807, 2.05) is 6.92 Å². The standard InChI is InChI=1S/C31H38F4N8O3/c1-16-5-8-37-9-10-38-27-22-26(24(32)25(40-28(22)46-16)20-11-21(36)39-17(2)23(20)31(33,34)35)41-29(42-27)45-15-30(6-7-30)14-43-18-3-4-19(43)13-44-12-18/h11,16,18-19,37H,3-10,12-15H2,1-2H3,(H2,36,39)(H,38,41,42)/t16-,18?,19?/m0/s1. The first kappa shape index (κ1) is 31.1. The highest BCUT2D eigenvalue weighted by Crippen LogP contribution is 2.49. The van der Waals surface area contributed by atoms with E-state index < -0.39 is 40.6 Å². The zero-order valence-electron chi connectivity index (χ0n) is 25.8. The third-order valence-corrected chi connectivity index (χ3v) is 9.50. The molecule has 0 amide bonds. The largest absolute Gasteiger partial charge is 0.474 e. The van der Waals surface area contributed by atoms with Crippen LogP contribution in [-0.4, -0.2) is 89.0 Å². The van der Waals surface area contributed by atoms with Crippen molar-refractivity contribution >= 4 is 22.5 Å². The van der Waals surface area contributed by atoms with Crippen molar-refractivity contribution < 1.29 is 31.8 Å². The Bertz CT molecular complexity index is 1620. The molecule has 3 aromatic heterocycles. The zero-order chi connectivity index (χ0) is 32.2. The molecule has 4 aliphatic rings. The van der Waals surface area contributed by atoms with Crippen LogP contribution in [0.4, 0.5) is 29.2 Å². The fraction of sp³-hybridized carbons (Fsp3) is 0.613. The third-order valence-electron chi connectivity index (χ3n) is 9.50. The van der Waals surface area contributed by atoms with Crippen molar-refractivity contribution in [3.8, 4) is 23.1 Å². The van der Waals surface area contributed by atoms with Crippen molar-refractivity contribution in [1.82, 2.24) is 30.2 Å². The van der Waals surface area contributed by atoms with Gasteiger partial charge in [0.05, 0.1) is 37.2 Å². The van der Waals surface area contributed by atoms with Crippen LogP contribution < -0.4 is 25.8 Å². The molecule has 3 fully saturated rings. The summed E-state index contributed by atoms with van der Waals surface area (Å²) in [6, 6.07) is 1.72. The number of ether oxygens (including phenoxy) is 3. The molecule has 7 rings (SSSR count). The molecule has 11 nitrogen and oxygen atoms in total. The van der Waals surface area contributed by atoms with E-state index >= 15 is 4.39 Å². The SMILES string of the molecule is Cc1nc(N)cc(-c2nc3c4c(nc(OCC5(CN6C7CCC6COC7)CC5)nc4c2F)NCCNCC[C@H](C)O3)c1C(F)(F)F. The monoisotopic (exact) mass is 646 g/mol. The lowest BCUT2D eigenvalue weighted by atomic mass is 10.0. The average molecular weight is 647 g/mol. The Morgan fingerprint density at radius 1 is 1.07 bits per heavy atom. The molecule has 6 heterocycles. The number of nitrogens with one attached hydrogen (secondary N) is 2. The van der Waals surface area contributed by atoms with Gasteiger partial charge in [-0.15, -0.1) is 0 Å². The summed E-state index contributed by atoms with van der Waals surface area (Å²) in [6.45, 7) is 7.32. The number of nitrogen functional groups attached to an aromatic ring is 1. The third kappa shape index (κ3) is 5.99. The maximum atomic E-state index is 16.6. The Balaban J connectivity index is 1.31. The Hall–Kier alpha value is -3.56. The molecule has 248 valence electrons. The number of fused-ring (bicyclic) bond motifs is 2. The number of pyridine rings is 2. The summed E-state index contributed by atoms with van der Waals surface area (Å²) in [6.07, 6.45) is -0.472. The van der Waals surface area contributed by atoms with Crippen molar-refractivity contribution in [3.63, 3.8) is 0 Å². The number of hydrogen-bond donors (Lipinski definition) is 3. The predicted molar refractivity (Wildman–Crippen MR) is 162 cm³/mol. The molecular weight excluding hydrogens is 608 g/mol. The van der Waals surface area contributed by atoms with Gasteiger partial charge >= 0.3 is 12.2 Å². The molecule has 2 unspecified atom stereocenters. The molecule has 3 atom stereocenters. The number of rotatable bonds is 6. The summed E-state index contributed by atoms with van der Waals surface area (Å²) < 4.78 is 77.7. The van der Waals surface area contributed by atoms with Gasteiger partial charge in [-0.1, -0.05) is 0 Å². The molecule has 1 aliphatic carbocycles. The summed E-state index contributed by atoms with van der Waals surface area (Å²) >= 11 is 0. The molecule has 3 aromatic rings. The van der Waals surface area contributed by atoms with Gasteiger partial charge in [0.2, 0.25) is 5.88 Å². The molecule has 2 bridgehead atoms. The number of nitrogens with two attached hydrogens (primary N) is 1. The summed E-state index contributed by atoms with van der Waals surface area (Å²) in [5.74, 6) is -1.13. The predicted octanol–water partition coefficient (Wildman–Crippen LogP) is 4.33. The van der Waals surface area contributed by atoms with Crippen LogP contribution in [0, 0.1) is 18.2 Å². The second kappa shape index (κ2) is 11.9. The van der Waals surface area contributed by atoms with E-state index in [4.69, 9.17) is 19.9 Å². The first-order chi connectivity index (χ1) is 22.0. The van der Waals surface area contributed by atoms with Crippen LogP contribution in [0.25, 0.3) is 22.2 Å². The van der Waals surface area contributed by atoms with Crippen LogP contribution in [0.1, 0.15) is 50.3 Å². The molecule has 4 N–H and O–H groups in total. The average Bonchev–Trinajstić information content (AvgIpc) is 3.73. The molecular formula is C31H38F4N8O3. The highest BCUT2D eigenvalue weighted by atomic mass is 19.4. The molecule has 3 aliphatic heterocycles. The summed E-state index contributed by atoms with van der Waals surface area (Å²) in [7, 11) is 0. The number of hydrogen-bond acceptors (Lipinski definition) is 11. The molecule has 0 spiro atoms. The molecule has 0 radical (unpaired) electrons. The van der Waals surface area contributed by atoms with E-state index in [0.717, 1.165) is 51.5 Å². The normalized spacial score (nSPS) is 24.6. The first-order valence-corrected chi connectivity index (χ1v) is 15.8. The van der Waals surface area contributed by atoms with Gasteiger partial charge in [-0.05, 0) is 58.6 Å². The maximum absolute atomic E-state index is 16.6. The maximum Gasteiger partial charge on any atom is 0.418 e. The fourth-order valence-corrected chi connectivity index (χ4v) is 6.87. The molecule has 0 aromatic carbocycles. The van der Waals surface area contributed by atoms with Gasteiger partial charge in [0.15, 0.2) is 5.82 Å². The van der Waals surface area contributed by atoms with Crippen LogP contribution in [-0.2, 0) is 10.9 Å². The van der Waals surface area contributed by atoms with Crippen molar-refractivity contribution in [2.75, 3.05) is 57.1 Å². The lowest BCUT2D eigenvalue weighted by molar-refractivity contribution is -0.137. The quantitative estimate of drug-likeness (QED) is 0.331. The van der Waals surface area contributed by atoms with Crippen LogP contribution in [0.3, 0.4) is 0 Å². The number of anilines is 2. The number of morpholine rings is 1. The van der Waals surface area contributed by atoms with Crippen molar-refractivity contribution in [2.45, 2.75) is 70.3 Å². The number of aromatic nitrogens is 4. The molecule has 46 heavy (non-hydrogen) atoms. The van der Waals surface area contributed by atoms with Crippen LogP contribution in [0.2, 0.25) is 0 Å². The van der Waals surface area contributed by atoms with Crippen molar-refractivity contribution in [3.05, 3.63) is 23.1 Å². The van der Waals surface area contributed by atoms with Crippen molar-refractivity contribution in [1.29, 1.82) is 0 Å². The van der Waals surface area contributed by atoms with Crippen LogP contribution >= 0.6 is 0 Å². The molecule has 1 saturated carbocycles. The highest BCUT2D eigenvalue weighted by Gasteiger charge is 2.49. The lowest BCUT2D eigenvalue weighted by Crippen LogP contribution is -2.49. The number of aryl methyl sites for hydroxylation is 1. The minimum atomic E-state index is -4.85. The summed E-state index contributed by atoms with van der Waals surface area (Å²) in [4.78, 5) is 19.7. The fourth-order valence-electron chi connectivity index (χ4n) is 6.87. The highest BCUT2D eigenvalue weighted by molar-refractivity contribution is 5.96. The lowest BCUT2D eigenvalue weighted by Gasteiger charge is -2.37. The smallest absolute Gasteiger partial charge is 0.418 e. The van der Waals surface area contributed by atoms with Crippen molar-refractivity contribution in [2.24, 2.45) is 5.41 Å². The Morgan fingerprint density at radius 2 is 1.83 bits per heavy atom. The van der Waals surface area contributed by atoms with E-state index in [1.54, 1.807) is 0 Å². The minimum absolute atomic E-state index is 0.0773. The van der Waals surface area contributed by atoms with Gasteiger partial charge in [-0.2, -0.15) is 23.1 Å². The molecule has 2 saturated heterocycles. The Labute approximate surface area is 263 Å². The van der Waals surface area contributed by atoms with Gasteiger partial charge in [-0.3, -0.25) is 4.90 Å². The van der Waals surface area contributed by atoms with E-state index in [1.165, 1.54) is 6.92 Å². The Morgan fingerprint density at radius 3 is 2.54 bits per heavy atom. The van der Waals surface area contributed by atoms with E-state index in [9.17, 15) is 13.2 Å². The first-order valence-electron chi connectivity index (χ1n) is 15.8. The van der Waals surface area contributed by atoms with Crippen LogP contribution in [0.5, 0.6) is 11.9 Å². The van der Waals surface area contributed by atoms with Gasteiger partial charge in [0.1, 0.15) is 28.2 Å². The minimum Gasteiger partial charge on any atom is -0.474 e. The van der Waals surface area contributed by atoms with E-state index in [-0.39, 0.29) is 39.8 Å². The van der Waals surface area contributed by atoms with E-state index in [0.29, 0.717) is 44.7 Å². The second-order valence-corrected chi connectivity index (χ2v) is 13.0. The zero-order valence-corrected chi connectivity index (χ0v) is 25.8. The number of nitrogens with zero attached hydrogens (tertiary/aromatic N) is 5. The summed E-state index contributed by atoms with van der Waals surface area (Å²) in [5.41, 5.74) is 2.86.